The van der Waals surface area contributed by atoms with Gasteiger partial charge in [0.05, 0.1) is 19.3 Å². The third-order valence-electron chi connectivity index (χ3n) is 7.63. The maximum absolute atomic E-state index is 13.5. The number of nitrogens with zero attached hydrogens (tertiary/aromatic N) is 1. The zero-order chi connectivity index (χ0) is 26.9. The number of methoxy groups -OCH3 is 1. The van der Waals surface area contributed by atoms with Crippen molar-refractivity contribution in [2.45, 2.75) is 84.7 Å². The minimum Gasteiger partial charge on any atom is -0.496 e. The third-order valence-corrected chi connectivity index (χ3v) is 7.63. The molecular formula is C30H40N2O5. The smallest absolute Gasteiger partial charge is 0.411 e. The standard InChI is InChI=1S/C30H40N2O5/c1-18(2)37-29(35)32-26(19-11-8-7-9-12-19)25(24(30(3,4)5)27(32)28(33)34)31-17-22-15-20-13-10-14-21(20)16-23(22)36-6/h7-9,11-12,15-16,18,24-27,31H,10,13-14,17H2,1-6H3,(H,33,34)/t24-,25-,26-,27-/m0/s1. The molecule has 1 aliphatic heterocycles. The lowest BCUT2D eigenvalue weighted by atomic mass is 9.72. The molecule has 0 saturated carbocycles. The molecule has 1 saturated heterocycles. The lowest BCUT2D eigenvalue weighted by molar-refractivity contribution is -0.144. The van der Waals surface area contributed by atoms with E-state index in [9.17, 15) is 14.7 Å². The van der Waals surface area contributed by atoms with Crippen molar-refractivity contribution in [2.75, 3.05) is 7.11 Å². The first-order valence-electron chi connectivity index (χ1n) is 13.2. The van der Waals surface area contributed by atoms with Gasteiger partial charge >= 0.3 is 12.1 Å². The molecule has 7 nitrogen and oxygen atoms in total. The van der Waals surface area contributed by atoms with Crippen molar-refractivity contribution in [3.05, 3.63) is 64.7 Å². The van der Waals surface area contributed by atoms with Crippen LogP contribution in [0, 0.1) is 11.3 Å². The first-order valence-corrected chi connectivity index (χ1v) is 13.2. The quantitative estimate of drug-likeness (QED) is 0.524. The average Bonchev–Trinajstić information content (AvgIpc) is 3.44. The molecule has 200 valence electrons. The predicted molar refractivity (Wildman–Crippen MR) is 143 cm³/mol. The molecule has 1 aliphatic carbocycles. The Morgan fingerprint density at radius 1 is 1.11 bits per heavy atom. The molecular weight excluding hydrogens is 468 g/mol. The molecule has 0 bridgehead atoms. The van der Waals surface area contributed by atoms with Crippen molar-refractivity contribution >= 4 is 12.1 Å². The lowest BCUT2D eigenvalue weighted by Gasteiger charge is -2.35. The van der Waals surface area contributed by atoms with E-state index >= 15 is 0 Å². The fraction of sp³-hybridized carbons (Fsp3) is 0.533. The van der Waals surface area contributed by atoms with Crippen LogP contribution in [0.25, 0.3) is 0 Å². The molecule has 0 spiro atoms. The number of carboxylic acid groups (broad SMARTS) is 1. The summed E-state index contributed by atoms with van der Waals surface area (Å²) in [5.41, 5.74) is 4.19. The molecule has 2 N–H and O–H groups in total. The van der Waals surface area contributed by atoms with Crippen LogP contribution in [0.4, 0.5) is 4.79 Å². The zero-order valence-corrected chi connectivity index (χ0v) is 22.8. The Kier molecular flexibility index (Phi) is 7.83. The lowest BCUT2D eigenvalue weighted by Crippen LogP contribution is -2.48. The molecule has 1 amide bonds. The van der Waals surface area contributed by atoms with Crippen molar-refractivity contribution in [1.82, 2.24) is 10.2 Å². The Hall–Kier alpha value is -3.06. The van der Waals surface area contributed by atoms with Gasteiger partial charge in [-0.05, 0) is 61.3 Å². The van der Waals surface area contributed by atoms with Crippen molar-refractivity contribution in [2.24, 2.45) is 11.3 Å². The van der Waals surface area contributed by atoms with Gasteiger partial charge in [-0.25, -0.2) is 9.59 Å². The van der Waals surface area contributed by atoms with E-state index in [1.807, 2.05) is 51.1 Å². The van der Waals surface area contributed by atoms with Crippen LogP contribution in [0.15, 0.2) is 42.5 Å². The number of carbonyl (C=O) groups is 2. The Balaban J connectivity index is 1.79. The van der Waals surface area contributed by atoms with E-state index in [1.54, 1.807) is 21.0 Å². The van der Waals surface area contributed by atoms with Crippen molar-refractivity contribution < 1.29 is 24.2 Å². The van der Waals surface area contributed by atoms with Gasteiger partial charge in [-0.1, -0.05) is 57.2 Å². The Bertz CT molecular complexity index is 1120. The number of benzene rings is 2. The summed E-state index contributed by atoms with van der Waals surface area (Å²) in [5.74, 6) is -0.572. The van der Waals surface area contributed by atoms with Gasteiger partial charge in [-0.15, -0.1) is 0 Å². The maximum Gasteiger partial charge on any atom is 0.411 e. The van der Waals surface area contributed by atoms with Crippen molar-refractivity contribution in [3.8, 4) is 5.75 Å². The molecule has 2 aromatic rings. The molecule has 1 heterocycles. The number of carboxylic acids is 1. The average molecular weight is 509 g/mol. The SMILES string of the molecule is COc1cc2c(cc1CN[C@H]1[C@H](C(C)(C)C)[C@@H](C(=O)O)N(C(=O)OC(C)C)[C@H]1c1ccccc1)CCC2. The van der Waals surface area contributed by atoms with Crippen LogP contribution in [0.1, 0.15) is 69.3 Å². The van der Waals surface area contributed by atoms with Crippen molar-refractivity contribution in [3.63, 3.8) is 0 Å². The highest BCUT2D eigenvalue weighted by atomic mass is 16.6. The molecule has 2 aliphatic rings. The number of carbonyl (C=O) groups excluding carboxylic acids is 1. The second-order valence-corrected chi connectivity index (χ2v) is 11.6. The minimum atomic E-state index is -1.05. The Morgan fingerprint density at radius 2 is 1.76 bits per heavy atom. The topological polar surface area (TPSA) is 88.1 Å². The summed E-state index contributed by atoms with van der Waals surface area (Å²) < 4.78 is 11.3. The van der Waals surface area contributed by atoms with Gasteiger partial charge in [0.2, 0.25) is 0 Å². The first-order chi connectivity index (χ1) is 17.5. The van der Waals surface area contributed by atoms with E-state index in [2.05, 4.69) is 17.4 Å². The second-order valence-electron chi connectivity index (χ2n) is 11.6. The number of likely N-dealkylation sites (tertiary alicyclic amines) is 1. The molecule has 2 aromatic carbocycles. The zero-order valence-electron chi connectivity index (χ0n) is 22.8. The van der Waals surface area contributed by atoms with Gasteiger partial charge in [-0.2, -0.15) is 0 Å². The van der Waals surface area contributed by atoms with Crippen molar-refractivity contribution in [1.29, 1.82) is 0 Å². The molecule has 0 radical (unpaired) electrons. The second kappa shape index (κ2) is 10.7. The Morgan fingerprint density at radius 3 is 2.32 bits per heavy atom. The number of rotatable bonds is 7. The highest BCUT2D eigenvalue weighted by Crippen LogP contribution is 2.48. The summed E-state index contributed by atoms with van der Waals surface area (Å²) in [6.07, 6.45) is 2.30. The summed E-state index contributed by atoms with van der Waals surface area (Å²) >= 11 is 0. The minimum absolute atomic E-state index is 0.332. The van der Waals surface area contributed by atoms with Gasteiger partial charge in [0.1, 0.15) is 11.8 Å². The Labute approximate surface area is 220 Å². The van der Waals surface area contributed by atoms with Crippen LogP contribution in [0.5, 0.6) is 5.75 Å². The summed E-state index contributed by atoms with van der Waals surface area (Å²) in [5, 5.41) is 14.2. The van der Waals surface area contributed by atoms with Gasteiger partial charge in [0.25, 0.3) is 0 Å². The number of aliphatic carboxylic acids is 1. The molecule has 4 rings (SSSR count). The molecule has 0 aromatic heterocycles. The van der Waals surface area contributed by atoms with Crippen LogP contribution < -0.4 is 10.1 Å². The largest absolute Gasteiger partial charge is 0.496 e. The fourth-order valence-electron chi connectivity index (χ4n) is 6.15. The van der Waals surface area contributed by atoms with E-state index in [0.29, 0.717) is 6.54 Å². The van der Waals surface area contributed by atoms with E-state index in [0.717, 1.165) is 36.1 Å². The number of ether oxygens (including phenoxy) is 2. The summed E-state index contributed by atoms with van der Waals surface area (Å²) in [4.78, 5) is 27.7. The number of amides is 1. The summed E-state index contributed by atoms with van der Waals surface area (Å²) in [6.45, 7) is 10.2. The van der Waals surface area contributed by atoms with Gasteiger partial charge in [0, 0.05) is 24.1 Å². The van der Waals surface area contributed by atoms with E-state index in [4.69, 9.17) is 9.47 Å². The molecule has 4 atom stereocenters. The van der Waals surface area contributed by atoms with E-state index in [1.165, 1.54) is 16.0 Å². The predicted octanol–water partition coefficient (Wildman–Crippen LogP) is 5.36. The monoisotopic (exact) mass is 508 g/mol. The highest BCUT2D eigenvalue weighted by molar-refractivity contribution is 5.82. The van der Waals surface area contributed by atoms with E-state index in [-0.39, 0.29) is 18.1 Å². The first kappa shape index (κ1) is 27.0. The van der Waals surface area contributed by atoms with Crippen LogP contribution in [0.2, 0.25) is 0 Å². The molecule has 0 unspecified atom stereocenters. The van der Waals surface area contributed by atoms with Crippen LogP contribution in [-0.4, -0.2) is 47.4 Å². The van der Waals surface area contributed by atoms with Crippen LogP contribution in [0.3, 0.4) is 0 Å². The van der Waals surface area contributed by atoms with Crippen LogP contribution >= 0.6 is 0 Å². The number of hydrogen-bond donors (Lipinski definition) is 2. The van der Waals surface area contributed by atoms with Gasteiger partial charge in [-0.3, -0.25) is 4.90 Å². The number of hydrogen-bond acceptors (Lipinski definition) is 5. The molecule has 7 heteroatoms. The van der Waals surface area contributed by atoms with Gasteiger partial charge < -0.3 is 19.9 Å². The van der Waals surface area contributed by atoms with Gasteiger partial charge in [0.15, 0.2) is 0 Å². The number of nitrogens with one attached hydrogen (secondary N) is 1. The molecule has 37 heavy (non-hydrogen) atoms. The number of aryl methyl sites for hydroxylation is 2. The molecule has 1 fully saturated rings. The maximum atomic E-state index is 13.5. The summed E-state index contributed by atoms with van der Waals surface area (Å²) in [6, 6.07) is 12.1. The highest BCUT2D eigenvalue weighted by Gasteiger charge is 2.58. The third kappa shape index (κ3) is 5.47. The van der Waals surface area contributed by atoms with E-state index < -0.39 is 29.6 Å². The fourth-order valence-corrected chi connectivity index (χ4v) is 6.15. The van der Waals surface area contributed by atoms with Crippen LogP contribution in [-0.2, 0) is 28.9 Å². The normalized spacial score (nSPS) is 23.3. The summed E-state index contributed by atoms with van der Waals surface area (Å²) in [7, 11) is 1.69. The number of fused-ring (bicyclic) bond motifs is 1.